The average molecular weight is 125 g/mol. The first-order valence-corrected chi connectivity index (χ1v) is 2.77. The molecule has 0 aliphatic rings. The lowest BCUT2D eigenvalue weighted by molar-refractivity contribution is 1.02. The lowest BCUT2D eigenvalue weighted by Gasteiger charge is -1.68. The molecule has 0 aromatic rings. The van der Waals surface area contributed by atoms with Crippen molar-refractivity contribution >= 4 is 0 Å². The van der Waals surface area contributed by atoms with E-state index in [9.17, 15) is 0 Å². The topological polar surface area (TPSA) is 73.6 Å². The van der Waals surface area contributed by atoms with Crippen molar-refractivity contribution < 1.29 is 0 Å². The number of hydrogen-bond acceptors (Lipinski definition) is 3. The number of hydrogen-bond donors (Lipinski definition) is 1. The van der Waals surface area contributed by atoms with Gasteiger partial charge < -0.3 is 5.73 Å². The van der Waals surface area contributed by atoms with Crippen LogP contribution in [-0.4, -0.2) is 6.54 Å². The maximum atomic E-state index is 7.74. The number of nitrogens with zero attached hydrogens (tertiary/aromatic N) is 2. The maximum Gasteiger partial charge on any atom is 0.0635 e. The van der Waals surface area contributed by atoms with Gasteiger partial charge in [-0.1, -0.05) is 6.92 Å². The van der Waals surface area contributed by atoms with E-state index in [0.29, 0.717) is 19.4 Å². The molecular formula is C6H11N3. The molecule has 0 unspecified atom stereocenters. The first-order valence-electron chi connectivity index (χ1n) is 2.77. The third-order valence-electron chi connectivity index (χ3n) is 0.414. The molecule has 50 valence electrons. The van der Waals surface area contributed by atoms with E-state index in [-0.39, 0.29) is 0 Å². The van der Waals surface area contributed by atoms with Gasteiger partial charge in [0.25, 0.3) is 0 Å². The number of rotatable bonds is 1. The standard InChI is InChI=1S/C3H6N2.C3H5N/c4-2-1-3-5;1-2-3-4/h1-2,4H2;2H2,1H3. The van der Waals surface area contributed by atoms with Gasteiger partial charge in [0.15, 0.2) is 0 Å². The van der Waals surface area contributed by atoms with Crippen LogP contribution in [0.5, 0.6) is 0 Å². The largest absolute Gasteiger partial charge is 0.329 e. The fourth-order valence-electron chi connectivity index (χ4n) is 0.0645. The van der Waals surface area contributed by atoms with E-state index < -0.39 is 0 Å². The molecule has 9 heavy (non-hydrogen) atoms. The summed E-state index contributed by atoms with van der Waals surface area (Å²) in [6, 6.07) is 3.82. The molecule has 0 saturated carbocycles. The lowest BCUT2D eigenvalue weighted by atomic mass is 10.5. The number of nitriles is 2. The van der Waals surface area contributed by atoms with Crippen LogP contribution in [0.15, 0.2) is 0 Å². The molecule has 0 bridgehead atoms. The van der Waals surface area contributed by atoms with Crippen LogP contribution < -0.4 is 5.73 Å². The second-order valence-corrected chi connectivity index (χ2v) is 1.21. The van der Waals surface area contributed by atoms with Crippen molar-refractivity contribution in [2.75, 3.05) is 6.54 Å². The Morgan fingerprint density at radius 3 is 1.78 bits per heavy atom. The molecule has 0 spiro atoms. The minimum atomic E-state index is 0.472. The zero-order valence-electron chi connectivity index (χ0n) is 5.59. The molecule has 2 N–H and O–H groups in total. The van der Waals surface area contributed by atoms with Crippen LogP contribution >= 0.6 is 0 Å². The highest BCUT2D eigenvalue weighted by Crippen LogP contribution is 1.59. The third kappa shape index (κ3) is 45.0. The lowest BCUT2D eigenvalue weighted by Crippen LogP contribution is -1.94. The van der Waals surface area contributed by atoms with Crippen LogP contribution in [-0.2, 0) is 0 Å². The Morgan fingerprint density at radius 1 is 1.33 bits per heavy atom. The van der Waals surface area contributed by atoms with Crippen molar-refractivity contribution in [3.63, 3.8) is 0 Å². The van der Waals surface area contributed by atoms with Crippen LogP contribution in [0.2, 0.25) is 0 Å². The summed E-state index contributed by atoms with van der Waals surface area (Å²) in [5, 5.41) is 15.4. The minimum absolute atomic E-state index is 0.472. The zero-order valence-corrected chi connectivity index (χ0v) is 5.59. The average Bonchev–Trinajstić information content (AvgIpc) is 1.91. The molecule has 0 aliphatic heterocycles. The van der Waals surface area contributed by atoms with Crippen molar-refractivity contribution in [1.29, 1.82) is 10.5 Å². The van der Waals surface area contributed by atoms with Gasteiger partial charge in [0.1, 0.15) is 0 Å². The highest BCUT2D eigenvalue weighted by molar-refractivity contribution is 4.67. The highest BCUT2D eigenvalue weighted by atomic mass is 14.5. The molecule has 0 saturated heterocycles. The molecule has 3 nitrogen and oxygen atoms in total. The van der Waals surface area contributed by atoms with Crippen molar-refractivity contribution in [1.82, 2.24) is 0 Å². The van der Waals surface area contributed by atoms with E-state index in [1.54, 1.807) is 0 Å². The molecule has 0 aromatic heterocycles. The normalized spacial score (nSPS) is 5.78. The van der Waals surface area contributed by atoms with Gasteiger partial charge in [-0.05, 0) is 0 Å². The van der Waals surface area contributed by atoms with Crippen LogP contribution in [0, 0.1) is 22.7 Å². The second-order valence-electron chi connectivity index (χ2n) is 1.21. The van der Waals surface area contributed by atoms with Crippen molar-refractivity contribution in [3.05, 3.63) is 0 Å². The van der Waals surface area contributed by atoms with Crippen LogP contribution in [0.25, 0.3) is 0 Å². The summed E-state index contributed by atoms with van der Waals surface area (Å²) in [5.41, 5.74) is 4.92. The molecule has 0 rings (SSSR count). The molecule has 0 aromatic carbocycles. The summed E-state index contributed by atoms with van der Waals surface area (Å²) >= 11 is 0. The maximum absolute atomic E-state index is 7.74. The van der Waals surface area contributed by atoms with Gasteiger partial charge in [-0.15, -0.1) is 0 Å². The first kappa shape index (κ1) is 10.8. The zero-order chi connectivity index (χ0) is 7.54. The monoisotopic (exact) mass is 125 g/mol. The van der Waals surface area contributed by atoms with Crippen LogP contribution in [0.4, 0.5) is 0 Å². The molecule has 0 heterocycles. The van der Waals surface area contributed by atoms with Gasteiger partial charge in [-0.3, -0.25) is 0 Å². The van der Waals surface area contributed by atoms with Gasteiger partial charge in [0.05, 0.1) is 12.1 Å². The van der Waals surface area contributed by atoms with E-state index in [1.807, 2.05) is 19.1 Å². The van der Waals surface area contributed by atoms with Crippen LogP contribution in [0.1, 0.15) is 19.8 Å². The molecule has 0 amide bonds. The predicted molar refractivity (Wildman–Crippen MR) is 35.2 cm³/mol. The van der Waals surface area contributed by atoms with Gasteiger partial charge >= 0.3 is 0 Å². The second kappa shape index (κ2) is 15.8. The summed E-state index contributed by atoms with van der Waals surface area (Å²) < 4.78 is 0. The minimum Gasteiger partial charge on any atom is -0.329 e. The Balaban J connectivity index is 0. The van der Waals surface area contributed by atoms with Crippen molar-refractivity contribution in [2.24, 2.45) is 5.73 Å². The van der Waals surface area contributed by atoms with E-state index in [2.05, 4.69) is 0 Å². The smallest absolute Gasteiger partial charge is 0.0635 e. The molecule has 0 fully saturated rings. The third-order valence-corrected chi connectivity index (χ3v) is 0.414. The Morgan fingerprint density at radius 2 is 1.78 bits per heavy atom. The predicted octanol–water partition coefficient (Wildman–Crippen LogP) is 0.779. The first-order chi connectivity index (χ1) is 4.33. The summed E-state index contributed by atoms with van der Waals surface area (Å²) in [4.78, 5) is 0. The Labute approximate surface area is 55.7 Å². The van der Waals surface area contributed by atoms with Crippen molar-refractivity contribution in [2.45, 2.75) is 19.8 Å². The molecule has 0 radical (unpaired) electrons. The highest BCUT2D eigenvalue weighted by Gasteiger charge is 1.65. The van der Waals surface area contributed by atoms with Crippen LogP contribution in [0.3, 0.4) is 0 Å². The summed E-state index contributed by atoms with van der Waals surface area (Å²) in [6.45, 7) is 2.30. The van der Waals surface area contributed by atoms with E-state index >= 15 is 0 Å². The van der Waals surface area contributed by atoms with Crippen molar-refractivity contribution in [3.8, 4) is 12.1 Å². The quantitative estimate of drug-likeness (QED) is 0.562. The Bertz CT molecular complexity index is 106. The summed E-state index contributed by atoms with van der Waals surface area (Å²) in [5.74, 6) is 0. The Hall–Kier alpha value is -1.06. The SMILES string of the molecule is CCC#N.N#CCCN. The molecular weight excluding hydrogens is 114 g/mol. The fraction of sp³-hybridized carbons (Fsp3) is 0.667. The van der Waals surface area contributed by atoms with Gasteiger partial charge in [0.2, 0.25) is 0 Å². The van der Waals surface area contributed by atoms with Gasteiger partial charge in [0, 0.05) is 19.4 Å². The molecule has 0 atom stereocenters. The molecule has 0 aliphatic carbocycles. The van der Waals surface area contributed by atoms with E-state index in [1.165, 1.54) is 0 Å². The van der Waals surface area contributed by atoms with E-state index in [4.69, 9.17) is 16.3 Å². The molecule has 3 heteroatoms. The van der Waals surface area contributed by atoms with E-state index in [0.717, 1.165) is 0 Å². The Kier molecular flexibility index (Phi) is 19.0. The number of nitrogens with two attached hydrogens (primary N) is 1. The summed E-state index contributed by atoms with van der Waals surface area (Å²) in [6.07, 6.45) is 1.10. The van der Waals surface area contributed by atoms with Gasteiger partial charge in [-0.2, -0.15) is 10.5 Å². The van der Waals surface area contributed by atoms with Gasteiger partial charge in [-0.25, -0.2) is 0 Å². The fourth-order valence-corrected chi connectivity index (χ4v) is 0.0645. The summed E-state index contributed by atoms with van der Waals surface area (Å²) in [7, 11) is 0.